The van der Waals surface area contributed by atoms with Crippen molar-refractivity contribution in [1.82, 2.24) is 34.1 Å². The Morgan fingerprint density at radius 2 is 1.81 bits per heavy atom. The molecule has 0 aliphatic carbocycles. The topological polar surface area (TPSA) is 141 Å². The fourth-order valence-electron chi connectivity index (χ4n) is 3.34. The van der Waals surface area contributed by atoms with E-state index in [2.05, 4.69) is 20.2 Å². The molecule has 0 spiro atoms. The van der Waals surface area contributed by atoms with Crippen molar-refractivity contribution in [2.24, 2.45) is 0 Å². The van der Waals surface area contributed by atoms with Crippen LogP contribution in [0.1, 0.15) is 11.6 Å². The number of carboxylic acids is 1. The summed E-state index contributed by atoms with van der Waals surface area (Å²) in [5, 5.41) is 27.7. The van der Waals surface area contributed by atoms with Gasteiger partial charge in [-0.15, -0.1) is 10.2 Å². The van der Waals surface area contributed by atoms with E-state index in [4.69, 9.17) is 23.2 Å². The molecule has 1 atom stereocenters. The number of alkyl halides is 3. The molecule has 0 aliphatic heterocycles. The van der Waals surface area contributed by atoms with E-state index in [0.29, 0.717) is 9.59 Å². The third kappa shape index (κ3) is 5.81. The maximum atomic E-state index is 13.1. The summed E-state index contributed by atoms with van der Waals surface area (Å²) < 4.78 is 41.7. The van der Waals surface area contributed by atoms with E-state index in [0.717, 1.165) is 9.36 Å². The summed E-state index contributed by atoms with van der Waals surface area (Å²) in [6.45, 7) is -1.55. The molecule has 4 rings (SSSR count). The first-order chi connectivity index (χ1) is 17.4. The van der Waals surface area contributed by atoms with E-state index in [1.54, 1.807) is 6.07 Å². The van der Waals surface area contributed by atoms with Crippen LogP contribution in [-0.4, -0.2) is 62.6 Å². The third-order valence-corrected chi connectivity index (χ3v) is 5.56. The Bertz CT molecular complexity index is 1500. The van der Waals surface area contributed by atoms with Crippen molar-refractivity contribution in [3.63, 3.8) is 0 Å². The average molecular weight is 558 g/mol. The second kappa shape index (κ2) is 10.3. The van der Waals surface area contributed by atoms with Gasteiger partial charge in [-0.25, -0.2) is 19.4 Å². The SMILES string of the molecule is O=C(O)Cc1nc(Cn2nc(-c3ccc(Cl)cc3)n(CC(O)C(F)(F)F)c2=O)nn1-c1ncccc1Cl. The lowest BCUT2D eigenvalue weighted by Crippen LogP contribution is -2.37. The highest BCUT2D eigenvalue weighted by molar-refractivity contribution is 6.32. The summed E-state index contributed by atoms with van der Waals surface area (Å²) in [5.74, 6) is -1.43. The Labute approximate surface area is 215 Å². The minimum absolute atomic E-state index is 0.0546. The number of halogens is 5. The summed E-state index contributed by atoms with van der Waals surface area (Å²) in [6.07, 6.45) is -6.97. The van der Waals surface area contributed by atoms with Crippen LogP contribution in [-0.2, 0) is 24.3 Å². The Balaban J connectivity index is 1.78. The van der Waals surface area contributed by atoms with Crippen molar-refractivity contribution in [2.45, 2.75) is 31.8 Å². The summed E-state index contributed by atoms with van der Waals surface area (Å²) in [6, 6.07) is 8.89. The van der Waals surface area contributed by atoms with Crippen LogP contribution in [0.2, 0.25) is 10.0 Å². The van der Waals surface area contributed by atoms with Crippen LogP contribution in [0.4, 0.5) is 13.2 Å². The van der Waals surface area contributed by atoms with Gasteiger partial charge in [0, 0.05) is 16.8 Å². The lowest BCUT2D eigenvalue weighted by molar-refractivity contribution is -0.207. The maximum Gasteiger partial charge on any atom is 0.416 e. The molecule has 1 unspecified atom stereocenters. The molecule has 0 amide bonds. The number of aliphatic hydroxyl groups is 1. The van der Waals surface area contributed by atoms with Crippen LogP contribution >= 0.6 is 23.2 Å². The first-order valence-electron chi connectivity index (χ1n) is 10.4. The van der Waals surface area contributed by atoms with Crippen molar-refractivity contribution in [3.05, 3.63) is 74.8 Å². The molecule has 1 aromatic carbocycles. The quantitative estimate of drug-likeness (QED) is 0.336. The standard InChI is InChI=1S/C21H16Cl2F3N7O4/c22-12-5-3-11(4-6-12)18-30-32(20(37)31(18)9-14(34)21(24,25)26)10-15-28-16(8-17(35)36)33(29-15)19-13(23)2-1-7-27-19/h1-7,14,34H,8-10H2,(H,35,36). The largest absolute Gasteiger partial charge is 0.481 e. The molecule has 3 aromatic heterocycles. The van der Waals surface area contributed by atoms with E-state index < -0.39 is 43.4 Å². The second-order valence-electron chi connectivity index (χ2n) is 7.67. The zero-order valence-corrected chi connectivity index (χ0v) is 20.0. The van der Waals surface area contributed by atoms with Gasteiger partial charge in [-0.2, -0.15) is 17.9 Å². The van der Waals surface area contributed by atoms with Crippen molar-refractivity contribution >= 4 is 29.2 Å². The number of rotatable bonds is 8. The highest BCUT2D eigenvalue weighted by atomic mass is 35.5. The number of aliphatic hydroxyl groups excluding tert-OH is 1. The predicted octanol–water partition coefficient (Wildman–Crippen LogP) is 2.59. The molecule has 0 aliphatic rings. The molecule has 0 radical (unpaired) electrons. The zero-order valence-electron chi connectivity index (χ0n) is 18.5. The highest BCUT2D eigenvalue weighted by Crippen LogP contribution is 2.24. The van der Waals surface area contributed by atoms with Gasteiger partial charge in [0.1, 0.15) is 18.8 Å². The molecule has 194 valence electrons. The van der Waals surface area contributed by atoms with Gasteiger partial charge in [0.2, 0.25) is 0 Å². The Kier molecular flexibility index (Phi) is 7.34. The maximum absolute atomic E-state index is 13.1. The van der Waals surface area contributed by atoms with Crippen molar-refractivity contribution in [3.8, 4) is 17.2 Å². The number of nitrogens with zero attached hydrogens (tertiary/aromatic N) is 7. The van der Waals surface area contributed by atoms with Gasteiger partial charge < -0.3 is 10.2 Å². The smallest absolute Gasteiger partial charge is 0.416 e. The minimum atomic E-state index is -4.98. The summed E-state index contributed by atoms with van der Waals surface area (Å²) >= 11 is 12.0. The summed E-state index contributed by atoms with van der Waals surface area (Å²) in [5.41, 5.74) is -0.722. The minimum Gasteiger partial charge on any atom is -0.481 e. The number of carboxylic acid groups (broad SMARTS) is 1. The zero-order chi connectivity index (χ0) is 26.9. The molecule has 16 heteroatoms. The molecule has 0 saturated heterocycles. The van der Waals surface area contributed by atoms with Crippen LogP contribution in [0, 0.1) is 0 Å². The van der Waals surface area contributed by atoms with Crippen LogP contribution in [0.5, 0.6) is 0 Å². The molecule has 3 heterocycles. The van der Waals surface area contributed by atoms with E-state index in [1.165, 1.54) is 36.5 Å². The van der Waals surface area contributed by atoms with Crippen LogP contribution in [0.3, 0.4) is 0 Å². The normalized spacial score (nSPS) is 12.6. The molecule has 4 aromatic rings. The molecular weight excluding hydrogens is 542 g/mol. The Morgan fingerprint density at radius 1 is 1.11 bits per heavy atom. The third-order valence-electron chi connectivity index (χ3n) is 5.02. The summed E-state index contributed by atoms with van der Waals surface area (Å²) in [4.78, 5) is 32.6. The lowest BCUT2D eigenvalue weighted by Gasteiger charge is -2.15. The van der Waals surface area contributed by atoms with Gasteiger partial charge >= 0.3 is 17.8 Å². The highest BCUT2D eigenvalue weighted by Gasteiger charge is 2.39. The Hall–Kier alpha value is -3.75. The first-order valence-corrected chi connectivity index (χ1v) is 11.2. The molecule has 0 bridgehead atoms. The number of pyridine rings is 1. The Morgan fingerprint density at radius 3 is 2.43 bits per heavy atom. The number of aromatic nitrogens is 7. The van der Waals surface area contributed by atoms with Gasteiger partial charge in [0.05, 0.1) is 11.6 Å². The van der Waals surface area contributed by atoms with Crippen LogP contribution in [0.15, 0.2) is 47.4 Å². The molecule has 37 heavy (non-hydrogen) atoms. The van der Waals surface area contributed by atoms with Gasteiger partial charge in [-0.05, 0) is 36.4 Å². The van der Waals surface area contributed by atoms with Crippen LogP contribution < -0.4 is 5.69 Å². The van der Waals surface area contributed by atoms with Gasteiger partial charge in [-0.1, -0.05) is 23.2 Å². The van der Waals surface area contributed by atoms with E-state index in [-0.39, 0.29) is 33.9 Å². The molecule has 0 fully saturated rings. The van der Waals surface area contributed by atoms with Crippen molar-refractivity contribution in [2.75, 3.05) is 0 Å². The average Bonchev–Trinajstić information content (AvgIpc) is 3.34. The van der Waals surface area contributed by atoms with Crippen LogP contribution in [0.25, 0.3) is 17.2 Å². The van der Waals surface area contributed by atoms with E-state index in [1.807, 2.05) is 0 Å². The van der Waals surface area contributed by atoms with E-state index >= 15 is 0 Å². The van der Waals surface area contributed by atoms with Crippen molar-refractivity contribution in [1.29, 1.82) is 0 Å². The number of hydrogen-bond acceptors (Lipinski definition) is 7. The molecule has 11 nitrogen and oxygen atoms in total. The number of hydrogen-bond donors (Lipinski definition) is 2. The van der Waals surface area contributed by atoms with Gasteiger partial charge in [0.25, 0.3) is 0 Å². The summed E-state index contributed by atoms with van der Waals surface area (Å²) in [7, 11) is 0. The predicted molar refractivity (Wildman–Crippen MR) is 124 cm³/mol. The monoisotopic (exact) mass is 557 g/mol. The second-order valence-corrected chi connectivity index (χ2v) is 8.52. The number of carbonyl (C=O) groups is 1. The van der Waals surface area contributed by atoms with Crippen molar-refractivity contribution < 1.29 is 28.2 Å². The molecular formula is C21H16Cl2F3N7O4. The van der Waals surface area contributed by atoms with Gasteiger partial charge in [0.15, 0.2) is 23.6 Å². The number of aliphatic carboxylic acids is 1. The fraction of sp³-hybridized carbons (Fsp3) is 0.238. The molecule has 0 saturated carbocycles. The lowest BCUT2D eigenvalue weighted by atomic mass is 10.2. The van der Waals surface area contributed by atoms with E-state index in [9.17, 15) is 33.0 Å². The first kappa shape index (κ1) is 26.3. The fourth-order valence-corrected chi connectivity index (χ4v) is 3.67. The molecule has 2 N–H and O–H groups in total. The van der Waals surface area contributed by atoms with Gasteiger partial charge in [-0.3, -0.25) is 9.36 Å². The number of benzene rings is 1.